The van der Waals surface area contributed by atoms with Crippen LogP contribution in [-0.2, 0) is 11.2 Å². The maximum Gasteiger partial charge on any atom is 0.328 e. The molecule has 2 fully saturated rings. The molecule has 0 aliphatic carbocycles. The first-order chi connectivity index (χ1) is 18.7. The lowest BCUT2D eigenvalue weighted by molar-refractivity contribution is -0.133. The number of likely N-dealkylation sites (tertiary alicyclic amines) is 1. The van der Waals surface area contributed by atoms with Gasteiger partial charge in [0.05, 0.1) is 7.11 Å². The first kappa shape index (κ1) is 25.7. The Balaban J connectivity index is 1.38. The molecule has 3 aromatic rings. The second-order valence-corrected chi connectivity index (χ2v) is 11.5. The van der Waals surface area contributed by atoms with Gasteiger partial charge in [0.2, 0.25) is 0 Å². The number of phenols is 1. The molecular formula is C30H35FN4O4. The van der Waals surface area contributed by atoms with Crippen LogP contribution in [0.15, 0.2) is 36.4 Å². The van der Waals surface area contributed by atoms with Crippen LogP contribution in [0.4, 0.5) is 9.18 Å². The van der Waals surface area contributed by atoms with Crippen molar-refractivity contribution in [3.63, 3.8) is 0 Å². The number of rotatable bonds is 6. The number of aromatic amines is 1. The summed E-state index contributed by atoms with van der Waals surface area (Å²) in [6.07, 6.45) is 3.37. The van der Waals surface area contributed by atoms with Gasteiger partial charge in [-0.3, -0.25) is 14.6 Å². The second-order valence-electron chi connectivity index (χ2n) is 11.5. The smallest absolute Gasteiger partial charge is 0.328 e. The molecule has 0 bridgehead atoms. The van der Waals surface area contributed by atoms with E-state index in [1.807, 2.05) is 13.0 Å². The number of nitrogens with zero attached hydrogens (tertiary/aromatic N) is 3. The molecule has 6 rings (SSSR count). The molecule has 8 nitrogen and oxygen atoms in total. The number of imide groups is 1. The number of carbonyl (C=O) groups excluding carboxylic acids is 2. The number of phenolic OH excluding ortho intramolecular Hbond substituents is 1. The fraction of sp³-hybridized carbons (Fsp3) is 0.467. The Morgan fingerprint density at radius 3 is 2.64 bits per heavy atom. The van der Waals surface area contributed by atoms with Crippen molar-refractivity contribution in [3.8, 4) is 11.5 Å². The number of fused-ring (bicyclic) bond motifs is 4. The molecule has 2 atom stereocenters. The van der Waals surface area contributed by atoms with E-state index in [0.29, 0.717) is 23.3 Å². The molecule has 39 heavy (non-hydrogen) atoms. The number of halogens is 1. The minimum absolute atomic E-state index is 0.0656. The third kappa shape index (κ3) is 4.14. The molecule has 1 aromatic heterocycles. The van der Waals surface area contributed by atoms with Gasteiger partial charge in [-0.2, -0.15) is 0 Å². The lowest BCUT2D eigenvalue weighted by Crippen LogP contribution is -2.53. The maximum absolute atomic E-state index is 14.6. The molecule has 3 aliphatic heterocycles. The van der Waals surface area contributed by atoms with E-state index in [1.165, 1.54) is 30.9 Å². The predicted molar refractivity (Wildman–Crippen MR) is 145 cm³/mol. The molecule has 206 valence electrons. The lowest BCUT2D eigenvalue weighted by atomic mass is 9.81. The van der Waals surface area contributed by atoms with E-state index in [1.54, 1.807) is 29.2 Å². The third-order valence-corrected chi connectivity index (χ3v) is 8.86. The van der Waals surface area contributed by atoms with Crippen LogP contribution in [0.25, 0.3) is 10.9 Å². The van der Waals surface area contributed by atoms with Crippen molar-refractivity contribution >= 4 is 22.8 Å². The topological polar surface area (TPSA) is 89.1 Å². The summed E-state index contributed by atoms with van der Waals surface area (Å²) >= 11 is 0. The van der Waals surface area contributed by atoms with Crippen LogP contribution in [0.3, 0.4) is 0 Å². The fourth-order valence-corrected chi connectivity index (χ4v) is 6.65. The molecule has 4 heterocycles. The van der Waals surface area contributed by atoms with Crippen LogP contribution in [-0.4, -0.2) is 75.6 Å². The number of benzene rings is 2. The van der Waals surface area contributed by atoms with Gasteiger partial charge < -0.3 is 19.7 Å². The number of methoxy groups -OCH3 is 1. The van der Waals surface area contributed by atoms with Crippen molar-refractivity contribution in [1.82, 2.24) is 19.7 Å². The summed E-state index contributed by atoms with van der Waals surface area (Å²) < 4.78 is 19.8. The van der Waals surface area contributed by atoms with Gasteiger partial charge >= 0.3 is 6.03 Å². The SMILES string of the molecule is COc1cc2c3c([nH]c2cc1F)[C@@H](c1cccc(O)c1)N1C(=O)N(CCCN2CCC(C)CC2)C(=O)[C@]1(C)C3. The van der Waals surface area contributed by atoms with Crippen molar-refractivity contribution in [2.24, 2.45) is 5.92 Å². The zero-order valence-corrected chi connectivity index (χ0v) is 22.7. The largest absolute Gasteiger partial charge is 0.508 e. The Hall–Kier alpha value is -3.59. The highest BCUT2D eigenvalue weighted by atomic mass is 19.1. The summed E-state index contributed by atoms with van der Waals surface area (Å²) in [5.41, 5.74) is 1.68. The Bertz CT molecular complexity index is 1450. The zero-order chi connectivity index (χ0) is 27.5. The van der Waals surface area contributed by atoms with Crippen LogP contribution in [0.1, 0.15) is 56.0 Å². The van der Waals surface area contributed by atoms with Gasteiger partial charge in [-0.1, -0.05) is 19.1 Å². The minimum atomic E-state index is -1.13. The summed E-state index contributed by atoms with van der Waals surface area (Å²) in [5, 5.41) is 11.1. The first-order valence-corrected chi connectivity index (χ1v) is 13.8. The number of aromatic hydroxyl groups is 1. The first-order valence-electron chi connectivity index (χ1n) is 13.8. The molecule has 0 unspecified atom stereocenters. The van der Waals surface area contributed by atoms with Gasteiger partial charge in [-0.15, -0.1) is 0 Å². The van der Waals surface area contributed by atoms with Crippen molar-refractivity contribution in [1.29, 1.82) is 0 Å². The normalized spacial score (nSPS) is 23.9. The number of H-pyrrole nitrogens is 1. The fourth-order valence-electron chi connectivity index (χ4n) is 6.65. The van der Waals surface area contributed by atoms with E-state index < -0.39 is 17.4 Å². The van der Waals surface area contributed by atoms with Crippen LogP contribution in [0.2, 0.25) is 0 Å². The predicted octanol–water partition coefficient (Wildman–Crippen LogP) is 4.81. The molecule has 0 radical (unpaired) electrons. The van der Waals surface area contributed by atoms with Gasteiger partial charge in [0, 0.05) is 35.6 Å². The average Bonchev–Trinajstić information content (AvgIpc) is 3.34. The minimum Gasteiger partial charge on any atom is -0.508 e. The number of carbonyl (C=O) groups is 2. The van der Waals surface area contributed by atoms with Crippen LogP contribution >= 0.6 is 0 Å². The Labute approximate surface area is 227 Å². The van der Waals surface area contributed by atoms with E-state index >= 15 is 0 Å². The standard InChI is InChI=1S/C30H35FN4O4/c1-18-8-12-33(13-9-18)10-5-11-34-28(37)30(2)17-22-21-15-25(39-3)23(31)16-24(21)32-26(22)27(35(30)29(34)38)19-6-4-7-20(36)14-19/h4,6-7,14-16,18,27,32,36H,5,8-13,17H2,1-3H3/t27-,30+/m1/s1. The number of nitrogens with one attached hydrogen (secondary N) is 1. The summed E-state index contributed by atoms with van der Waals surface area (Å²) in [6.45, 7) is 7.42. The van der Waals surface area contributed by atoms with E-state index in [9.17, 15) is 19.1 Å². The van der Waals surface area contributed by atoms with Gasteiger partial charge in [0.25, 0.3) is 5.91 Å². The lowest BCUT2D eigenvalue weighted by Gasteiger charge is -2.42. The molecule has 3 aliphatic rings. The van der Waals surface area contributed by atoms with Crippen LogP contribution in [0, 0.1) is 11.7 Å². The Morgan fingerprint density at radius 2 is 1.92 bits per heavy atom. The summed E-state index contributed by atoms with van der Waals surface area (Å²) in [7, 11) is 1.42. The number of hydrogen-bond donors (Lipinski definition) is 2. The molecule has 2 aromatic carbocycles. The number of urea groups is 1. The zero-order valence-electron chi connectivity index (χ0n) is 22.7. The monoisotopic (exact) mass is 534 g/mol. The molecule has 3 amide bonds. The highest BCUT2D eigenvalue weighted by Crippen LogP contribution is 2.49. The second kappa shape index (κ2) is 9.55. The number of ether oxygens (including phenoxy) is 1. The quantitative estimate of drug-likeness (QED) is 0.443. The number of piperidine rings is 1. The number of amides is 3. The van der Waals surface area contributed by atoms with Crippen molar-refractivity contribution < 1.29 is 23.8 Å². The average molecular weight is 535 g/mol. The van der Waals surface area contributed by atoms with Gasteiger partial charge in [-0.25, -0.2) is 9.18 Å². The van der Waals surface area contributed by atoms with E-state index in [2.05, 4.69) is 16.8 Å². The van der Waals surface area contributed by atoms with Gasteiger partial charge in [0.15, 0.2) is 11.6 Å². The Kier molecular flexibility index (Phi) is 6.29. The van der Waals surface area contributed by atoms with E-state index in [-0.39, 0.29) is 29.9 Å². The van der Waals surface area contributed by atoms with E-state index in [4.69, 9.17) is 4.74 Å². The third-order valence-electron chi connectivity index (χ3n) is 8.86. The Morgan fingerprint density at radius 1 is 1.15 bits per heavy atom. The van der Waals surface area contributed by atoms with Crippen molar-refractivity contribution in [2.45, 2.75) is 51.1 Å². The number of aromatic nitrogens is 1. The van der Waals surface area contributed by atoms with Gasteiger partial charge in [-0.05, 0) is 81.1 Å². The molecule has 0 saturated carbocycles. The van der Waals surface area contributed by atoms with E-state index in [0.717, 1.165) is 42.9 Å². The van der Waals surface area contributed by atoms with Crippen molar-refractivity contribution in [3.05, 3.63) is 59.0 Å². The molecule has 2 N–H and O–H groups in total. The summed E-state index contributed by atoms with van der Waals surface area (Å²) in [5.74, 6) is 0.215. The van der Waals surface area contributed by atoms with Crippen molar-refractivity contribution in [2.75, 3.05) is 33.3 Å². The van der Waals surface area contributed by atoms with Crippen LogP contribution < -0.4 is 4.74 Å². The highest BCUT2D eigenvalue weighted by Gasteiger charge is 2.60. The maximum atomic E-state index is 14.6. The molecule has 9 heteroatoms. The summed E-state index contributed by atoms with van der Waals surface area (Å²) in [6, 6.07) is 8.79. The summed E-state index contributed by atoms with van der Waals surface area (Å²) in [4.78, 5) is 36.8. The van der Waals surface area contributed by atoms with Gasteiger partial charge in [0.1, 0.15) is 17.3 Å². The molecule has 0 spiro atoms. The molecular weight excluding hydrogens is 499 g/mol. The van der Waals surface area contributed by atoms with Crippen LogP contribution in [0.5, 0.6) is 11.5 Å². The number of hydrogen-bond acceptors (Lipinski definition) is 5. The molecule has 2 saturated heterocycles. The highest BCUT2D eigenvalue weighted by molar-refractivity contribution is 6.08.